The van der Waals surface area contributed by atoms with E-state index in [0.717, 1.165) is 26.9 Å². The quantitative estimate of drug-likeness (QED) is 0.923. The summed E-state index contributed by atoms with van der Waals surface area (Å²) in [6.07, 6.45) is 0. The van der Waals surface area contributed by atoms with E-state index in [1.165, 1.54) is 5.56 Å². The highest BCUT2D eigenvalue weighted by molar-refractivity contribution is 9.10. The molecule has 0 aromatic heterocycles. The summed E-state index contributed by atoms with van der Waals surface area (Å²) in [5.74, 6) is 0.858. The monoisotopic (exact) mass is 319 g/mol. The molecule has 1 atom stereocenters. The molecule has 0 saturated carbocycles. The third-order valence-electron chi connectivity index (χ3n) is 3.37. The van der Waals surface area contributed by atoms with Gasteiger partial charge < -0.3 is 10.5 Å². The number of ether oxygens (including phenoxy) is 1. The minimum Gasteiger partial charge on any atom is -0.497 e. The molecule has 0 aliphatic carbocycles. The summed E-state index contributed by atoms with van der Waals surface area (Å²) in [5, 5.41) is 0. The Labute approximate surface area is 122 Å². The Kier molecular flexibility index (Phi) is 4.27. The van der Waals surface area contributed by atoms with E-state index < -0.39 is 0 Å². The van der Waals surface area contributed by atoms with Gasteiger partial charge in [-0.1, -0.05) is 40.2 Å². The van der Waals surface area contributed by atoms with Gasteiger partial charge in [0.1, 0.15) is 5.75 Å². The van der Waals surface area contributed by atoms with Crippen molar-refractivity contribution < 1.29 is 4.74 Å². The van der Waals surface area contributed by atoms with Gasteiger partial charge in [0.2, 0.25) is 0 Å². The zero-order valence-corrected chi connectivity index (χ0v) is 13.0. The van der Waals surface area contributed by atoms with E-state index >= 15 is 0 Å². The maximum atomic E-state index is 6.41. The van der Waals surface area contributed by atoms with Gasteiger partial charge in [-0.2, -0.15) is 0 Å². The van der Waals surface area contributed by atoms with Crippen molar-refractivity contribution in [2.24, 2.45) is 5.73 Å². The second kappa shape index (κ2) is 5.76. The highest BCUT2D eigenvalue weighted by atomic mass is 79.9. The number of rotatable bonds is 3. The van der Waals surface area contributed by atoms with Crippen LogP contribution in [0.3, 0.4) is 0 Å². The molecule has 0 spiro atoms. The van der Waals surface area contributed by atoms with Crippen LogP contribution in [0.2, 0.25) is 0 Å². The fourth-order valence-electron chi connectivity index (χ4n) is 2.20. The van der Waals surface area contributed by atoms with Gasteiger partial charge in [-0.25, -0.2) is 0 Å². The van der Waals surface area contributed by atoms with Crippen LogP contribution in [0, 0.1) is 13.8 Å². The maximum Gasteiger partial charge on any atom is 0.119 e. The Bertz CT molecular complexity index is 595. The predicted molar refractivity (Wildman–Crippen MR) is 82.6 cm³/mol. The normalized spacial score (nSPS) is 12.3. The standard InChI is InChI=1S/C16H18BrNO/c1-10-5-4-6-14(15(10)17)16(18)13-8-7-12(19-3)9-11(13)2/h4-9,16H,18H2,1-3H3. The summed E-state index contributed by atoms with van der Waals surface area (Å²) >= 11 is 3.63. The molecule has 19 heavy (non-hydrogen) atoms. The van der Waals surface area contributed by atoms with Gasteiger partial charge in [-0.15, -0.1) is 0 Å². The molecule has 0 heterocycles. The number of methoxy groups -OCH3 is 1. The lowest BCUT2D eigenvalue weighted by molar-refractivity contribution is 0.414. The van der Waals surface area contributed by atoms with Crippen LogP contribution in [0.25, 0.3) is 0 Å². The highest BCUT2D eigenvalue weighted by Crippen LogP contribution is 2.31. The summed E-state index contributed by atoms with van der Waals surface area (Å²) < 4.78 is 6.31. The molecule has 0 amide bonds. The third-order valence-corrected chi connectivity index (χ3v) is 4.45. The van der Waals surface area contributed by atoms with E-state index in [0.29, 0.717) is 0 Å². The molecule has 2 N–H and O–H groups in total. The first kappa shape index (κ1) is 14.1. The van der Waals surface area contributed by atoms with Gasteiger partial charge in [-0.3, -0.25) is 0 Å². The minimum absolute atomic E-state index is 0.139. The molecule has 0 bridgehead atoms. The third kappa shape index (κ3) is 2.82. The van der Waals surface area contributed by atoms with Crippen LogP contribution >= 0.6 is 15.9 Å². The van der Waals surface area contributed by atoms with E-state index in [9.17, 15) is 0 Å². The molecule has 100 valence electrons. The van der Waals surface area contributed by atoms with Gasteiger partial charge in [0.25, 0.3) is 0 Å². The number of hydrogen-bond acceptors (Lipinski definition) is 2. The first-order valence-corrected chi connectivity index (χ1v) is 6.99. The largest absolute Gasteiger partial charge is 0.497 e. The molecule has 0 radical (unpaired) electrons. The number of aryl methyl sites for hydroxylation is 2. The Morgan fingerprint density at radius 2 is 1.79 bits per heavy atom. The molecule has 0 saturated heterocycles. The fraction of sp³-hybridized carbons (Fsp3) is 0.250. The van der Waals surface area contributed by atoms with Crippen LogP contribution in [-0.2, 0) is 0 Å². The minimum atomic E-state index is -0.139. The summed E-state index contributed by atoms with van der Waals surface area (Å²) in [6.45, 7) is 4.13. The van der Waals surface area contributed by atoms with Crippen LogP contribution in [0.15, 0.2) is 40.9 Å². The van der Waals surface area contributed by atoms with Gasteiger partial charge in [0.05, 0.1) is 13.2 Å². The van der Waals surface area contributed by atoms with Crippen LogP contribution in [0.5, 0.6) is 5.75 Å². The van der Waals surface area contributed by atoms with Gasteiger partial charge >= 0.3 is 0 Å². The van der Waals surface area contributed by atoms with E-state index in [4.69, 9.17) is 10.5 Å². The van der Waals surface area contributed by atoms with Crippen LogP contribution in [0.4, 0.5) is 0 Å². The number of nitrogens with two attached hydrogens (primary N) is 1. The molecule has 2 aromatic rings. The molecule has 0 aliphatic heterocycles. The first-order valence-electron chi connectivity index (χ1n) is 6.19. The lowest BCUT2D eigenvalue weighted by Crippen LogP contribution is -2.14. The SMILES string of the molecule is COc1ccc(C(N)c2cccc(C)c2Br)c(C)c1. The molecule has 2 aromatic carbocycles. The van der Waals surface area contributed by atoms with Crippen LogP contribution < -0.4 is 10.5 Å². The lowest BCUT2D eigenvalue weighted by atomic mass is 9.94. The van der Waals surface area contributed by atoms with E-state index in [2.05, 4.69) is 41.9 Å². The Balaban J connectivity index is 2.44. The second-order valence-corrected chi connectivity index (χ2v) is 5.47. The molecule has 2 nitrogen and oxygen atoms in total. The molecule has 0 aliphatic rings. The molecule has 3 heteroatoms. The summed E-state index contributed by atoms with van der Waals surface area (Å²) in [5.41, 5.74) is 11.0. The summed E-state index contributed by atoms with van der Waals surface area (Å²) in [4.78, 5) is 0. The van der Waals surface area contributed by atoms with Crippen molar-refractivity contribution in [2.75, 3.05) is 7.11 Å². The summed E-state index contributed by atoms with van der Waals surface area (Å²) in [6, 6.07) is 12.0. The van der Waals surface area contributed by atoms with E-state index in [-0.39, 0.29) is 6.04 Å². The molecular weight excluding hydrogens is 302 g/mol. The van der Waals surface area contributed by atoms with Gasteiger partial charge in [-0.05, 0) is 48.2 Å². The number of halogens is 1. The molecule has 2 rings (SSSR count). The fourth-order valence-corrected chi connectivity index (χ4v) is 2.71. The number of hydrogen-bond donors (Lipinski definition) is 1. The number of benzene rings is 2. The van der Waals surface area contributed by atoms with Crippen LogP contribution in [0.1, 0.15) is 28.3 Å². The van der Waals surface area contributed by atoms with Gasteiger partial charge in [0, 0.05) is 4.47 Å². The van der Waals surface area contributed by atoms with E-state index in [1.54, 1.807) is 7.11 Å². The van der Waals surface area contributed by atoms with Crippen molar-refractivity contribution in [1.29, 1.82) is 0 Å². The summed E-state index contributed by atoms with van der Waals surface area (Å²) in [7, 11) is 1.67. The van der Waals surface area contributed by atoms with Crippen LogP contribution in [-0.4, -0.2) is 7.11 Å². The van der Waals surface area contributed by atoms with Crippen molar-refractivity contribution >= 4 is 15.9 Å². The van der Waals surface area contributed by atoms with Crippen molar-refractivity contribution in [3.8, 4) is 5.75 Å². The van der Waals surface area contributed by atoms with Crippen molar-refractivity contribution in [3.63, 3.8) is 0 Å². The molecular formula is C16H18BrNO. The van der Waals surface area contributed by atoms with E-state index in [1.807, 2.05) is 24.3 Å². The highest BCUT2D eigenvalue weighted by Gasteiger charge is 2.15. The van der Waals surface area contributed by atoms with Crippen molar-refractivity contribution in [3.05, 3.63) is 63.1 Å². The first-order chi connectivity index (χ1) is 9.04. The topological polar surface area (TPSA) is 35.2 Å². The second-order valence-electron chi connectivity index (χ2n) is 4.68. The average Bonchev–Trinajstić information content (AvgIpc) is 2.41. The maximum absolute atomic E-state index is 6.41. The van der Waals surface area contributed by atoms with Gasteiger partial charge in [0.15, 0.2) is 0 Å². The zero-order chi connectivity index (χ0) is 14.0. The Morgan fingerprint density at radius 1 is 1.05 bits per heavy atom. The Morgan fingerprint density at radius 3 is 2.42 bits per heavy atom. The van der Waals surface area contributed by atoms with Crippen molar-refractivity contribution in [1.82, 2.24) is 0 Å². The lowest BCUT2D eigenvalue weighted by Gasteiger charge is -2.18. The average molecular weight is 320 g/mol. The zero-order valence-electron chi connectivity index (χ0n) is 11.4. The molecule has 1 unspecified atom stereocenters. The van der Waals surface area contributed by atoms with Crippen molar-refractivity contribution in [2.45, 2.75) is 19.9 Å². The molecule has 0 fully saturated rings. The smallest absolute Gasteiger partial charge is 0.119 e. The predicted octanol–water partition coefficient (Wildman–Crippen LogP) is 4.12. The Hall–Kier alpha value is -1.32.